The van der Waals surface area contributed by atoms with Crippen LogP contribution in [0, 0.1) is 0 Å². The fourth-order valence-corrected chi connectivity index (χ4v) is 2.79. The monoisotopic (exact) mass is 352 g/mol. The molecule has 2 N–H and O–H groups in total. The van der Waals surface area contributed by atoms with Crippen molar-refractivity contribution in [2.45, 2.75) is 51.6 Å². The first kappa shape index (κ1) is 19.7. The summed E-state index contributed by atoms with van der Waals surface area (Å²) < 4.78 is 0. The Morgan fingerprint density at radius 2 is 1.19 bits per heavy atom. The highest BCUT2D eigenvalue weighted by Crippen LogP contribution is 2.08. The number of amides is 2. The summed E-state index contributed by atoms with van der Waals surface area (Å²) >= 11 is 0. The number of carbonyl (C=O) groups is 2. The van der Waals surface area contributed by atoms with Crippen molar-refractivity contribution in [1.29, 1.82) is 0 Å². The van der Waals surface area contributed by atoms with E-state index < -0.39 is 0 Å². The summed E-state index contributed by atoms with van der Waals surface area (Å²) in [5.74, 6) is -0.338. The van der Waals surface area contributed by atoms with Crippen LogP contribution in [0.25, 0.3) is 0 Å². The highest BCUT2D eigenvalue weighted by atomic mass is 16.2. The smallest absolute Gasteiger partial charge is 0.252 e. The van der Waals surface area contributed by atoms with Crippen LogP contribution in [0.1, 0.15) is 66.2 Å². The maximum atomic E-state index is 12.4. The number of hydrogen-bond acceptors (Lipinski definition) is 2. The van der Waals surface area contributed by atoms with Gasteiger partial charge in [0.25, 0.3) is 11.8 Å². The first-order valence-electron chi connectivity index (χ1n) is 9.42. The van der Waals surface area contributed by atoms with E-state index in [1.807, 2.05) is 36.4 Å². The molecule has 4 heteroatoms. The van der Waals surface area contributed by atoms with Crippen LogP contribution in [-0.4, -0.2) is 18.0 Å². The highest BCUT2D eigenvalue weighted by molar-refractivity contribution is 5.96. The maximum Gasteiger partial charge on any atom is 0.252 e. The van der Waals surface area contributed by atoms with Gasteiger partial charge in [0.05, 0.1) is 0 Å². The summed E-state index contributed by atoms with van der Waals surface area (Å²) in [6.45, 7) is 2.18. The molecule has 2 aromatic carbocycles. The molecule has 4 nitrogen and oxygen atoms in total. The minimum Gasteiger partial charge on any atom is -0.332 e. The van der Waals surface area contributed by atoms with E-state index in [0.717, 1.165) is 19.3 Å². The normalized spacial score (nSPS) is 10.5. The first-order chi connectivity index (χ1) is 12.7. The van der Waals surface area contributed by atoms with E-state index in [-0.39, 0.29) is 18.0 Å². The van der Waals surface area contributed by atoms with Gasteiger partial charge in [-0.3, -0.25) is 9.59 Å². The quantitative estimate of drug-likeness (QED) is 0.487. The Morgan fingerprint density at radius 3 is 1.65 bits per heavy atom. The van der Waals surface area contributed by atoms with E-state index in [4.69, 9.17) is 0 Å². The molecule has 138 valence electrons. The number of nitrogens with one attached hydrogen (secondary N) is 2. The minimum absolute atomic E-state index is 0.169. The number of carbonyl (C=O) groups excluding carboxylic acids is 2. The fourth-order valence-electron chi connectivity index (χ4n) is 2.79. The summed E-state index contributed by atoms with van der Waals surface area (Å²) in [6, 6.07) is 18.2. The lowest BCUT2D eigenvalue weighted by atomic mass is 10.1. The summed E-state index contributed by atoms with van der Waals surface area (Å²) in [5, 5.41) is 5.91. The van der Waals surface area contributed by atoms with E-state index in [9.17, 15) is 9.59 Å². The molecule has 0 aliphatic heterocycles. The van der Waals surface area contributed by atoms with Crippen molar-refractivity contribution in [3.63, 3.8) is 0 Å². The molecule has 2 rings (SSSR count). The van der Waals surface area contributed by atoms with Gasteiger partial charge >= 0.3 is 0 Å². The average Bonchev–Trinajstić information content (AvgIpc) is 2.69. The largest absolute Gasteiger partial charge is 0.332 e. The van der Waals surface area contributed by atoms with Gasteiger partial charge in [-0.05, 0) is 37.1 Å². The summed E-state index contributed by atoms with van der Waals surface area (Å²) in [4.78, 5) is 24.9. The molecular weight excluding hydrogens is 324 g/mol. The molecule has 0 bridgehead atoms. The molecule has 2 aromatic rings. The zero-order chi connectivity index (χ0) is 18.6. The van der Waals surface area contributed by atoms with Gasteiger partial charge in [-0.2, -0.15) is 0 Å². The van der Waals surface area contributed by atoms with Crippen LogP contribution < -0.4 is 10.6 Å². The van der Waals surface area contributed by atoms with E-state index in [1.54, 1.807) is 24.3 Å². The van der Waals surface area contributed by atoms with Crippen molar-refractivity contribution in [3.05, 3.63) is 71.8 Å². The molecule has 0 aliphatic carbocycles. The topological polar surface area (TPSA) is 58.2 Å². The fraction of sp³-hybridized carbons (Fsp3) is 0.364. The SMILES string of the molecule is CCCCCCCC(NC(=O)c1ccccc1)NC(=O)c1ccccc1. The number of rotatable bonds is 10. The van der Waals surface area contributed by atoms with Gasteiger partial charge in [0, 0.05) is 11.1 Å². The van der Waals surface area contributed by atoms with Gasteiger partial charge in [0.2, 0.25) is 0 Å². The number of benzene rings is 2. The van der Waals surface area contributed by atoms with Crippen LogP contribution in [0.2, 0.25) is 0 Å². The third kappa shape index (κ3) is 6.71. The Kier molecular flexibility index (Phi) is 8.40. The molecule has 0 atom stereocenters. The van der Waals surface area contributed by atoms with Crippen molar-refractivity contribution in [2.75, 3.05) is 0 Å². The zero-order valence-electron chi connectivity index (χ0n) is 15.4. The second kappa shape index (κ2) is 11.1. The van der Waals surface area contributed by atoms with E-state index in [0.29, 0.717) is 11.1 Å². The molecule has 0 heterocycles. The van der Waals surface area contributed by atoms with Crippen molar-refractivity contribution >= 4 is 11.8 Å². The van der Waals surface area contributed by atoms with Gasteiger partial charge in [-0.15, -0.1) is 0 Å². The van der Waals surface area contributed by atoms with Gasteiger partial charge < -0.3 is 10.6 Å². The third-order valence-electron chi connectivity index (χ3n) is 4.28. The molecule has 0 aromatic heterocycles. The Morgan fingerprint density at radius 1 is 0.731 bits per heavy atom. The second-order valence-electron chi connectivity index (χ2n) is 6.43. The van der Waals surface area contributed by atoms with Crippen LogP contribution in [0.4, 0.5) is 0 Å². The minimum atomic E-state index is -0.378. The highest BCUT2D eigenvalue weighted by Gasteiger charge is 2.16. The molecular formula is C22H28N2O2. The predicted molar refractivity (Wildman–Crippen MR) is 105 cm³/mol. The molecule has 0 fully saturated rings. The Hall–Kier alpha value is -2.62. The lowest BCUT2D eigenvalue weighted by Crippen LogP contribution is -2.48. The summed E-state index contributed by atoms with van der Waals surface area (Å²) in [6.07, 6.45) is 6.01. The van der Waals surface area contributed by atoms with E-state index in [1.165, 1.54) is 19.3 Å². The average molecular weight is 352 g/mol. The third-order valence-corrected chi connectivity index (χ3v) is 4.28. The van der Waals surface area contributed by atoms with Crippen molar-refractivity contribution in [2.24, 2.45) is 0 Å². The van der Waals surface area contributed by atoms with Crippen molar-refractivity contribution < 1.29 is 9.59 Å². The summed E-state index contributed by atoms with van der Waals surface area (Å²) in [7, 11) is 0. The lowest BCUT2D eigenvalue weighted by molar-refractivity contribution is 0.0879. The van der Waals surface area contributed by atoms with Gasteiger partial charge in [-0.1, -0.05) is 69.0 Å². The number of unbranched alkanes of at least 4 members (excludes halogenated alkanes) is 4. The van der Waals surface area contributed by atoms with Gasteiger partial charge in [0.15, 0.2) is 0 Å². The van der Waals surface area contributed by atoms with Crippen LogP contribution in [0.3, 0.4) is 0 Å². The van der Waals surface area contributed by atoms with Crippen LogP contribution in [-0.2, 0) is 0 Å². The molecule has 0 saturated carbocycles. The summed E-state index contributed by atoms with van der Waals surface area (Å²) in [5.41, 5.74) is 1.19. The van der Waals surface area contributed by atoms with Crippen LogP contribution in [0.5, 0.6) is 0 Å². The van der Waals surface area contributed by atoms with Crippen molar-refractivity contribution in [1.82, 2.24) is 10.6 Å². The molecule has 0 spiro atoms. The van der Waals surface area contributed by atoms with Crippen LogP contribution in [0.15, 0.2) is 60.7 Å². The van der Waals surface area contributed by atoms with E-state index >= 15 is 0 Å². The van der Waals surface area contributed by atoms with E-state index in [2.05, 4.69) is 17.6 Å². The predicted octanol–water partition coefficient (Wildman–Crippen LogP) is 4.53. The van der Waals surface area contributed by atoms with Gasteiger partial charge in [-0.25, -0.2) is 0 Å². The van der Waals surface area contributed by atoms with Crippen molar-refractivity contribution in [3.8, 4) is 0 Å². The molecule has 0 unspecified atom stereocenters. The molecule has 0 radical (unpaired) electrons. The Balaban J connectivity index is 1.96. The zero-order valence-corrected chi connectivity index (χ0v) is 15.4. The number of hydrogen-bond donors (Lipinski definition) is 2. The van der Waals surface area contributed by atoms with Gasteiger partial charge in [0.1, 0.15) is 6.17 Å². The second-order valence-corrected chi connectivity index (χ2v) is 6.43. The lowest BCUT2D eigenvalue weighted by Gasteiger charge is -2.20. The Labute approximate surface area is 156 Å². The molecule has 2 amide bonds. The molecule has 0 aliphatic rings. The first-order valence-corrected chi connectivity index (χ1v) is 9.42. The Bertz CT molecular complexity index is 618. The molecule has 0 saturated heterocycles. The molecule has 26 heavy (non-hydrogen) atoms. The maximum absolute atomic E-state index is 12.4. The standard InChI is InChI=1S/C22H28N2O2/c1-2-3-4-5-12-17-20(23-21(25)18-13-8-6-9-14-18)24-22(26)19-15-10-7-11-16-19/h6-11,13-16,20H,2-5,12,17H2,1H3,(H,23,25)(H,24,26). The van der Waals surface area contributed by atoms with Crippen LogP contribution >= 0.6 is 0 Å².